The number of aliphatic hydroxyl groups is 2. The van der Waals surface area contributed by atoms with Crippen LogP contribution >= 0.6 is 0 Å². The Morgan fingerprint density at radius 2 is 1.60 bits per heavy atom. The van der Waals surface area contributed by atoms with Gasteiger partial charge in [-0.2, -0.15) is 0 Å². The number of aliphatic hydroxyl groups excluding tert-OH is 2. The lowest BCUT2D eigenvalue weighted by Gasteiger charge is -2.20. The van der Waals surface area contributed by atoms with Gasteiger partial charge in [0.05, 0.1) is 18.2 Å². The number of hydrogen-bond acceptors (Lipinski definition) is 9. The molecule has 0 saturated carbocycles. The quantitative estimate of drug-likeness (QED) is 0.0454. The number of anilines is 1. The number of phenols is 2. The van der Waals surface area contributed by atoms with Gasteiger partial charge in [-0.1, -0.05) is 44.6 Å². The highest BCUT2D eigenvalue weighted by Crippen LogP contribution is 2.39. The molecular weight excluding hydrogens is 542 g/mol. The van der Waals surface area contributed by atoms with E-state index in [1.807, 2.05) is 33.8 Å². The van der Waals surface area contributed by atoms with Crippen LogP contribution in [-0.4, -0.2) is 56.1 Å². The summed E-state index contributed by atoms with van der Waals surface area (Å²) < 4.78 is 5.54. The normalized spacial score (nSPS) is 14.7. The third-order valence-electron chi connectivity index (χ3n) is 6.74. The molecule has 0 heterocycles. The first kappa shape index (κ1) is 36.3. The van der Waals surface area contributed by atoms with E-state index in [0.717, 1.165) is 30.5 Å². The highest BCUT2D eigenvalue weighted by molar-refractivity contribution is 5.99. The van der Waals surface area contributed by atoms with Crippen molar-refractivity contribution in [3.63, 3.8) is 0 Å². The molecule has 232 valence electrons. The van der Waals surface area contributed by atoms with E-state index in [-0.39, 0.29) is 40.7 Å². The van der Waals surface area contributed by atoms with Crippen molar-refractivity contribution in [2.24, 2.45) is 11.8 Å². The zero-order chi connectivity index (χ0) is 32.1. The van der Waals surface area contributed by atoms with Crippen molar-refractivity contribution in [3.8, 4) is 11.5 Å². The Bertz CT molecular complexity index is 1210. The predicted octanol–water partition coefficient (Wildman–Crippen LogP) is 4.82. The maximum absolute atomic E-state index is 12.8. The van der Waals surface area contributed by atoms with Crippen LogP contribution in [0.1, 0.15) is 85.8 Å². The molecule has 1 rings (SSSR count). The second-order valence-corrected chi connectivity index (χ2v) is 10.7. The molecule has 0 aliphatic heterocycles. The van der Waals surface area contributed by atoms with Crippen LogP contribution in [0.3, 0.4) is 0 Å². The van der Waals surface area contributed by atoms with Gasteiger partial charge in [0.15, 0.2) is 0 Å². The molecule has 0 aliphatic rings. The molecule has 0 aliphatic carbocycles. The zero-order valence-electron chi connectivity index (χ0n) is 25.5. The average Bonchev–Trinajstić information content (AvgIpc) is 2.91. The Balaban J connectivity index is 3.04. The Morgan fingerprint density at radius 1 is 0.976 bits per heavy atom. The summed E-state index contributed by atoms with van der Waals surface area (Å²) in [6, 6.07) is 2.13. The molecule has 1 amide bonds. The fourth-order valence-corrected chi connectivity index (χ4v) is 4.05. The lowest BCUT2D eigenvalue weighted by molar-refractivity contribution is -0.145. The Hall–Kier alpha value is -3.76. The number of esters is 1. The maximum Gasteiger partial charge on any atom is 0.334 e. The first-order chi connectivity index (χ1) is 19.6. The summed E-state index contributed by atoms with van der Waals surface area (Å²) in [5.41, 5.74) is 0.550. The number of ketones is 2. The van der Waals surface area contributed by atoms with Crippen molar-refractivity contribution in [2.45, 2.75) is 92.5 Å². The van der Waals surface area contributed by atoms with Crippen LogP contribution in [0.5, 0.6) is 11.5 Å². The summed E-state index contributed by atoms with van der Waals surface area (Å²) in [4.78, 5) is 48.9. The van der Waals surface area contributed by atoms with Gasteiger partial charge < -0.3 is 30.5 Å². The topological polar surface area (TPSA) is 170 Å². The summed E-state index contributed by atoms with van der Waals surface area (Å²) in [5.74, 6) is -4.04. The highest BCUT2D eigenvalue weighted by Gasteiger charge is 2.28. The third-order valence-corrected chi connectivity index (χ3v) is 6.74. The molecule has 0 aromatic heterocycles. The van der Waals surface area contributed by atoms with Gasteiger partial charge in [-0.3, -0.25) is 14.4 Å². The van der Waals surface area contributed by atoms with Crippen molar-refractivity contribution in [3.05, 3.63) is 53.1 Å². The van der Waals surface area contributed by atoms with Gasteiger partial charge in [0.2, 0.25) is 5.91 Å². The lowest BCUT2D eigenvalue weighted by Crippen LogP contribution is -2.29. The fourth-order valence-electron chi connectivity index (χ4n) is 4.05. The summed E-state index contributed by atoms with van der Waals surface area (Å²) in [6.07, 6.45) is 4.07. The van der Waals surface area contributed by atoms with Gasteiger partial charge >= 0.3 is 5.97 Å². The molecule has 4 atom stereocenters. The van der Waals surface area contributed by atoms with E-state index >= 15 is 0 Å². The van der Waals surface area contributed by atoms with Gasteiger partial charge in [0, 0.05) is 29.5 Å². The number of benzene rings is 1. The highest BCUT2D eigenvalue weighted by atomic mass is 16.6. The van der Waals surface area contributed by atoms with Gasteiger partial charge in [0.1, 0.15) is 35.3 Å². The van der Waals surface area contributed by atoms with Crippen LogP contribution in [0.4, 0.5) is 5.69 Å². The molecule has 1 aromatic carbocycles. The molecule has 0 radical (unpaired) electrons. The Labute approximate surface area is 247 Å². The Kier molecular flexibility index (Phi) is 14.9. The summed E-state index contributed by atoms with van der Waals surface area (Å²) in [6.45, 7) is 11.8. The fraction of sp³-hybridized carbons (Fsp3) is 0.500. The van der Waals surface area contributed by atoms with E-state index in [2.05, 4.69) is 5.32 Å². The molecule has 5 N–H and O–H groups in total. The molecule has 10 nitrogen and oxygen atoms in total. The maximum atomic E-state index is 12.8. The molecular formula is C32H45NO9. The van der Waals surface area contributed by atoms with Gasteiger partial charge in [-0.05, 0) is 58.6 Å². The number of carbonyl (C=O) groups excluding carboxylic acids is 4. The molecule has 0 saturated heterocycles. The molecule has 0 unspecified atom stereocenters. The second-order valence-electron chi connectivity index (χ2n) is 10.7. The average molecular weight is 588 g/mol. The van der Waals surface area contributed by atoms with E-state index < -0.39 is 54.1 Å². The summed E-state index contributed by atoms with van der Waals surface area (Å²) >= 11 is 0. The number of carbonyl (C=O) groups is 4. The summed E-state index contributed by atoms with van der Waals surface area (Å²) in [5, 5.41) is 44.4. The van der Waals surface area contributed by atoms with Gasteiger partial charge in [-0.15, -0.1) is 0 Å². The van der Waals surface area contributed by atoms with E-state index in [4.69, 9.17) is 4.74 Å². The number of rotatable bonds is 16. The van der Waals surface area contributed by atoms with Gasteiger partial charge in [0.25, 0.3) is 0 Å². The predicted molar refractivity (Wildman–Crippen MR) is 160 cm³/mol. The third kappa shape index (κ3) is 11.6. The van der Waals surface area contributed by atoms with Crippen molar-refractivity contribution < 1.29 is 44.3 Å². The molecule has 10 heteroatoms. The van der Waals surface area contributed by atoms with Crippen molar-refractivity contribution in [2.75, 3.05) is 5.32 Å². The van der Waals surface area contributed by atoms with E-state index in [1.54, 1.807) is 12.2 Å². The van der Waals surface area contributed by atoms with E-state index in [9.17, 15) is 39.6 Å². The SMILES string of the molecule is CCC(/C=C/[C@H](OC(=O)/C(C)=C\CC(=O)Nc1cc(O)cc([C@H](O)[C@H](C)C(=O)CC(C)=O)c1O)[C@@H](O)C=C(C)C)CC. The van der Waals surface area contributed by atoms with Crippen LogP contribution in [0.2, 0.25) is 0 Å². The minimum atomic E-state index is -1.55. The van der Waals surface area contributed by atoms with E-state index in [1.165, 1.54) is 26.8 Å². The number of phenolic OH excluding ortho intramolecular Hbond substituents is 2. The van der Waals surface area contributed by atoms with Crippen LogP contribution in [0, 0.1) is 11.8 Å². The van der Waals surface area contributed by atoms with Crippen LogP contribution < -0.4 is 5.32 Å². The lowest BCUT2D eigenvalue weighted by atomic mass is 9.90. The number of aromatic hydroxyl groups is 2. The van der Waals surface area contributed by atoms with Gasteiger partial charge in [-0.25, -0.2) is 4.79 Å². The molecule has 1 aromatic rings. The number of hydrogen-bond donors (Lipinski definition) is 5. The molecule has 0 fully saturated rings. The molecule has 0 bridgehead atoms. The number of amides is 1. The van der Waals surface area contributed by atoms with Crippen LogP contribution in [-0.2, 0) is 23.9 Å². The van der Waals surface area contributed by atoms with E-state index in [0.29, 0.717) is 0 Å². The summed E-state index contributed by atoms with van der Waals surface area (Å²) in [7, 11) is 0. The minimum absolute atomic E-state index is 0.115. The standard InChI is InChI=1S/C32H45NO9/c1-8-22(9-2)11-12-28(27(37)14-18(3)4)42-32(41)19(5)10-13-29(38)33-25-17-23(35)16-24(31(25)40)30(39)21(7)26(36)15-20(6)34/h10-12,14,16-17,21-22,27-28,30,35,37,39-40H,8-9,13,15H2,1-7H3,(H,33,38)/b12-11+,19-10-/t21-,27+,28+,30-/m1/s1. The molecule has 42 heavy (non-hydrogen) atoms. The van der Waals surface area contributed by atoms with Crippen molar-refractivity contribution in [1.29, 1.82) is 0 Å². The number of allylic oxidation sites excluding steroid dienone is 2. The monoisotopic (exact) mass is 587 g/mol. The van der Waals surface area contributed by atoms with Crippen LogP contribution in [0.25, 0.3) is 0 Å². The largest absolute Gasteiger partial charge is 0.508 e. The number of Topliss-reactive ketones (excluding diaryl/α,β-unsaturated/α-hetero) is 2. The number of nitrogens with one attached hydrogen (secondary N) is 1. The van der Waals surface area contributed by atoms with Crippen molar-refractivity contribution in [1.82, 2.24) is 0 Å². The Morgan fingerprint density at radius 3 is 2.14 bits per heavy atom. The zero-order valence-corrected chi connectivity index (χ0v) is 25.5. The molecule has 0 spiro atoms. The first-order valence-corrected chi connectivity index (χ1v) is 14.1. The smallest absolute Gasteiger partial charge is 0.334 e. The number of ether oxygens (including phenoxy) is 1. The second kappa shape index (κ2) is 17.3. The minimum Gasteiger partial charge on any atom is -0.508 e. The first-order valence-electron chi connectivity index (χ1n) is 14.1. The van der Waals surface area contributed by atoms with Crippen molar-refractivity contribution >= 4 is 29.1 Å². The van der Waals surface area contributed by atoms with Crippen LogP contribution in [0.15, 0.2) is 47.6 Å².